The van der Waals surface area contributed by atoms with Gasteiger partial charge in [0.05, 0.1) is 16.7 Å². The number of hydrogen-bond donors (Lipinski definition) is 2. The first-order valence-corrected chi connectivity index (χ1v) is 11.1. The van der Waals surface area contributed by atoms with E-state index in [1.165, 1.54) is 18.0 Å². The average Bonchev–Trinajstić information content (AvgIpc) is 3.33. The van der Waals surface area contributed by atoms with E-state index in [9.17, 15) is 4.79 Å². The van der Waals surface area contributed by atoms with Crippen molar-refractivity contribution in [3.8, 4) is 0 Å². The van der Waals surface area contributed by atoms with E-state index in [1.54, 1.807) is 0 Å². The fraction of sp³-hybridized carbons (Fsp3) is 0.346. The third kappa shape index (κ3) is 4.44. The second-order valence-electron chi connectivity index (χ2n) is 9.21. The molecule has 1 aliphatic rings. The van der Waals surface area contributed by atoms with Gasteiger partial charge in [-0.2, -0.15) is 0 Å². The molecule has 3 N–H and O–H groups in total. The van der Waals surface area contributed by atoms with Gasteiger partial charge in [-0.25, -0.2) is 4.98 Å². The number of nitrogens with zero attached hydrogens (tertiary/aromatic N) is 3. The number of benzene rings is 1. The number of pyridine rings is 1. The largest absolute Gasteiger partial charge is 0.404 e. The second kappa shape index (κ2) is 8.99. The number of aryl methyl sites for hydroxylation is 1. The van der Waals surface area contributed by atoms with Crippen molar-refractivity contribution in [2.24, 2.45) is 11.7 Å². The number of likely N-dealkylation sites (tertiary alicyclic amines) is 1. The van der Waals surface area contributed by atoms with Crippen LogP contribution in [0.15, 0.2) is 60.9 Å². The molecule has 6 nitrogen and oxygen atoms in total. The number of rotatable bonds is 7. The van der Waals surface area contributed by atoms with E-state index in [4.69, 9.17) is 11.1 Å². The monoisotopic (exact) mass is 429 g/mol. The van der Waals surface area contributed by atoms with Gasteiger partial charge in [0, 0.05) is 49.2 Å². The first kappa shape index (κ1) is 21.8. The smallest absolute Gasteiger partial charge is 0.223 e. The highest BCUT2D eigenvalue weighted by atomic mass is 16.2. The Morgan fingerprint density at radius 1 is 1.22 bits per heavy atom. The van der Waals surface area contributed by atoms with Gasteiger partial charge in [-0.05, 0) is 56.4 Å². The van der Waals surface area contributed by atoms with E-state index in [0.29, 0.717) is 23.6 Å². The van der Waals surface area contributed by atoms with Crippen molar-refractivity contribution in [3.63, 3.8) is 0 Å². The fourth-order valence-electron chi connectivity index (χ4n) is 4.86. The molecule has 3 heterocycles. The summed E-state index contributed by atoms with van der Waals surface area (Å²) in [6, 6.07) is 16.1. The molecule has 1 saturated heterocycles. The molecule has 1 atom stereocenters. The van der Waals surface area contributed by atoms with Crippen molar-refractivity contribution < 1.29 is 4.79 Å². The van der Waals surface area contributed by atoms with Gasteiger partial charge in [-0.3, -0.25) is 4.79 Å². The van der Waals surface area contributed by atoms with E-state index >= 15 is 0 Å². The van der Waals surface area contributed by atoms with E-state index in [-0.39, 0.29) is 11.4 Å². The molecule has 6 heteroatoms. The highest BCUT2D eigenvalue weighted by Crippen LogP contribution is 2.35. The van der Waals surface area contributed by atoms with Crippen molar-refractivity contribution in [1.29, 1.82) is 5.41 Å². The number of amides is 1. The van der Waals surface area contributed by atoms with E-state index in [1.807, 2.05) is 36.4 Å². The molecule has 32 heavy (non-hydrogen) atoms. The van der Waals surface area contributed by atoms with Crippen LogP contribution in [0.3, 0.4) is 0 Å². The zero-order valence-electron chi connectivity index (χ0n) is 18.8. The molecule has 1 aliphatic heterocycles. The van der Waals surface area contributed by atoms with Gasteiger partial charge in [0.1, 0.15) is 0 Å². The number of hydrogen-bond acceptors (Lipinski definition) is 4. The van der Waals surface area contributed by atoms with Crippen molar-refractivity contribution in [2.75, 3.05) is 6.54 Å². The Labute approximate surface area is 189 Å². The van der Waals surface area contributed by atoms with Crippen LogP contribution in [0.4, 0.5) is 0 Å². The molecule has 4 rings (SSSR count). The van der Waals surface area contributed by atoms with Crippen LogP contribution in [0.1, 0.15) is 37.9 Å². The Morgan fingerprint density at radius 3 is 2.72 bits per heavy atom. The minimum absolute atomic E-state index is 0.141. The van der Waals surface area contributed by atoms with Crippen LogP contribution >= 0.6 is 0 Å². The molecule has 3 aromatic rings. The standard InChI is InChI=1S/C26H31N5O/c1-26(2)14-20(18-31(26)25(32)11-8-19-6-4-3-5-7-19)17-30-13-12-23-24(30)10-9-22(29-23)21(15-27)16-28/h3-7,9-10,12-13,15-16,20,27H,8,11,14,17-18,28H2,1-2H3/b21-16+,27-15?. The van der Waals surface area contributed by atoms with Gasteiger partial charge >= 0.3 is 0 Å². The Balaban J connectivity index is 1.44. The lowest BCUT2D eigenvalue weighted by atomic mass is 9.96. The van der Waals surface area contributed by atoms with Crippen LogP contribution in [-0.2, 0) is 17.8 Å². The van der Waals surface area contributed by atoms with Gasteiger partial charge in [0.2, 0.25) is 5.91 Å². The average molecular weight is 430 g/mol. The van der Waals surface area contributed by atoms with E-state index in [2.05, 4.69) is 46.6 Å². The summed E-state index contributed by atoms with van der Waals surface area (Å²) in [4.78, 5) is 19.8. The van der Waals surface area contributed by atoms with Crippen LogP contribution in [0.5, 0.6) is 0 Å². The van der Waals surface area contributed by atoms with Crippen molar-refractivity contribution in [1.82, 2.24) is 14.5 Å². The van der Waals surface area contributed by atoms with Gasteiger partial charge < -0.3 is 20.6 Å². The molecule has 1 unspecified atom stereocenters. The topological polar surface area (TPSA) is 88.0 Å². The molecule has 0 aliphatic carbocycles. The van der Waals surface area contributed by atoms with Crippen LogP contribution in [0.25, 0.3) is 16.6 Å². The predicted octanol–water partition coefficient (Wildman–Crippen LogP) is 4.25. The minimum atomic E-state index is -0.141. The quantitative estimate of drug-likeness (QED) is 0.551. The lowest BCUT2D eigenvalue weighted by Crippen LogP contribution is -2.42. The highest BCUT2D eigenvalue weighted by Gasteiger charge is 2.40. The number of fused-ring (bicyclic) bond motifs is 1. The first-order valence-electron chi connectivity index (χ1n) is 11.1. The summed E-state index contributed by atoms with van der Waals surface area (Å²) >= 11 is 0. The zero-order valence-corrected chi connectivity index (χ0v) is 18.8. The third-order valence-electron chi connectivity index (χ3n) is 6.44. The number of carbonyl (C=O) groups excluding carboxylic acids is 1. The van der Waals surface area contributed by atoms with Gasteiger partial charge in [-0.15, -0.1) is 0 Å². The van der Waals surface area contributed by atoms with E-state index < -0.39 is 0 Å². The number of nitrogens with one attached hydrogen (secondary N) is 1. The number of allylic oxidation sites excluding steroid dienone is 1. The summed E-state index contributed by atoms with van der Waals surface area (Å²) in [5, 5.41) is 7.48. The summed E-state index contributed by atoms with van der Waals surface area (Å²) in [6.45, 7) is 5.97. The summed E-state index contributed by atoms with van der Waals surface area (Å²) < 4.78 is 2.22. The summed E-state index contributed by atoms with van der Waals surface area (Å²) in [7, 11) is 0. The lowest BCUT2D eigenvalue weighted by molar-refractivity contribution is -0.134. The van der Waals surface area contributed by atoms with Crippen molar-refractivity contribution >= 4 is 28.7 Å². The number of aromatic nitrogens is 2. The molecular weight excluding hydrogens is 398 g/mol. The molecular formula is C26H31N5O. The molecule has 0 bridgehead atoms. The second-order valence-corrected chi connectivity index (χ2v) is 9.21. The highest BCUT2D eigenvalue weighted by molar-refractivity contribution is 6.07. The predicted molar refractivity (Wildman–Crippen MR) is 129 cm³/mol. The minimum Gasteiger partial charge on any atom is -0.404 e. The summed E-state index contributed by atoms with van der Waals surface area (Å²) in [5.74, 6) is 0.625. The maximum Gasteiger partial charge on any atom is 0.223 e. The van der Waals surface area contributed by atoms with Crippen molar-refractivity contribution in [3.05, 3.63) is 72.2 Å². The molecule has 0 spiro atoms. The third-order valence-corrected chi connectivity index (χ3v) is 6.44. The summed E-state index contributed by atoms with van der Waals surface area (Å²) in [5.41, 5.74) is 9.90. The summed E-state index contributed by atoms with van der Waals surface area (Å²) in [6.07, 6.45) is 6.98. The molecule has 0 saturated carbocycles. The Kier molecular flexibility index (Phi) is 6.12. The van der Waals surface area contributed by atoms with E-state index in [0.717, 1.165) is 37.0 Å². The number of nitrogens with two attached hydrogens (primary N) is 1. The van der Waals surface area contributed by atoms with Crippen molar-refractivity contribution in [2.45, 2.75) is 45.2 Å². The molecule has 0 radical (unpaired) electrons. The Hall–Kier alpha value is -3.41. The molecule has 1 fully saturated rings. The zero-order chi connectivity index (χ0) is 22.7. The van der Waals surface area contributed by atoms with Crippen LogP contribution < -0.4 is 5.73 Å². The number of carbonyl (C=O) groups is 1. The van der Waals surface area contributed by atoms with Gasteiger partial charge in [0.15, 0.2) is 0 Å². The molecule has 166 valence electrons. The molecule has 1 amide bonds. The Bertz CT molecular complexity index is 1150. The van der Waals surface area contributed by atoms with Gasteiger partial charge in [0.25, 0.3) is 0 Å². The fourth-order valence-corrected chi connectivity index (χ4v) is 4.86. The SMILES string of the molecule is CC1(C)CC(Cn2ccc3nc(/C(C=N)=C/N)ccc32)CN1C(=O)CCc1ccccc1. The van der Waals surface area contributed by atoms with Gasteiger partial charge in [-0.1, -0.05) is 30.3 Å². The van der Waals surface area contributed by atoms with Crippen LogP contribution in [0, 0.1) is 11.3 Å². The maximum absolute atomic E-state index is 13.0. The first-order chi connectivity index (χ1) is 15.4. The normalized spacial score (nSPS) is 18.2. The molecule has 2 aromatic heterocycles. The lowest BCUT2D eigenvalue weighted by Gasteiger charge is -2.31. The molecule has 1 aromatic carbocycles. The van der Waals surface area contributed by atoms with Crippen LogP contribution in [-0.4, -0.2) is 38.7 Å². The van der Waals surface area contributed by atoms with Crippen LogP contribution in [0.2, 0.25) is 0 Å². The maximum atomic E-state index is 13.0. The Morgan fingerprint density at radius 2 is 2.00 bits per heavy atom.